The fraction of sp³-hybridized carbons (Fsp3) is 0.947. The summed E-state index contributed by atoms with van der Waals surface area (Å²) in [6, 6.07) is 0. The minimum Gasteiger partial charge on any atom is -0.434 e. The highest BCUT2D eigenvalue weighted by molar-refractivity contribution is 5.60. The van der Waals surface area contributed by atoms with E-state index in [1.807, 2.05) is 0 Å². The lowest BCUT2D eigenvalue weighted by Crippen LogP contribution is -2.36. The quantitative estimate of drug-likeness (QED) is 0.266. The molecular formula is C19H38O3. The maximum atomic E-state index is 12.0. The predicted octanol–water partition coefficient (Wildman–Crippen LogP) is 6.64. The van der Waals surface area contributed by atoms with Crippen LogP contribution in [-0.4, -0.2) is 18.4 Å². The number of carbonyl (C=O) groups excluding carboxylic acids is 1. The van der Waals surface area contributed by atoms with Crippen LogP contribution in [0.4, 0.5) is 4.79 Å². The topological polar surface area (TPSA) is 35.5 Å². The van der Waals surface area contributed by atoms with Crippen LogP contribution in [0.15, 0.2) is 0 Å². The van der Waals surface area contributed by atoms with Crippen LogP contribution in [0.25, 0.3) is 0 Å². The van der Waals surface area contributed by atoms with E-state index in [-0.39, 0.29) is 5.60 Å². The standard InChI is InChI=1S/C19H38O3/c1-5-9-13-16-19(14-10-6-2,15-11-7-3)22-18(20)21-17-12-8-4/h5-17H2,1-4H3. The van der Waals surface area contributed by atoms with Crippen molar-refractivity contribution in [1.29, 1.82) is 0 Å². The second kappa shape index (κ2) is 13.9. The van der Waals surface area contributed by atoms with Gasteiger partial charge >= 0.3 is 6.16 Å². The zero-order chi connectivity index (χ0) is 16.7. The molecule has 0 aliphatic rings. The zero-order valence-corrected chi connectivity index (χ0v) is 15.4. The third kappa shape index (κ3) is 10.1. The van der Waals surface area contributed by atoms with Gasteiger partial charge in [0.1, 0.15) is 5.60 Å². The molecule has 0 spiro atoms. The van der Waals surface area contributed by atoms with Crippen LogP contribution >= 0.6 is 0 Å². The molecule has 3 nitrogen and oxygen atoms in total. The number of carbonyl (C=O) groups is 1. The summed E-state index contributed by atoms with van der Waals surface area (Å²) in [6.45, 7) is 9.15. The summed E-state index contributed by atoms with van der Waals surface area (Å²) in [7, 11) is 0. The van der Waals surface area contributed by atoms with E-state index in [0.29, 0.717) is 6.61 Å². The van der Waals surface area contributed by atoms with Crippen LogP contribution in [0.2, 0.25) is 0 Å². The molecule has 0 saturated carbocycles. The third-order valence-electron chi connectivity index (χ3n) is 4.23. The Bertz CT molecular complexity index is 255. The molecule has 22 heavy (non-hydrogen) atoms. The van der Waals surface area contributed by atoms with Gasteiger partial charge in [-0.2, -0.15) is 0 Å². The Hall–Kier alpha value is -0.730. The van der Waals surface area contributed by atoms with Gasteiger partial charge in [0.15, 0.2) is 0 Å². The van der Waals surface area contributed by atoms with E-state index in [1.54, 1.807) is 0 Å². The summed E-state index contributed by atoms with van der Waals surface area (Å²) in [4.78, 5) is 12.0. The van der Waals surface area contributed by atoms with Gasteiger partial charge in [-0.25, -0.2) is 4.79 Å². The molecule has 0 aromatic heterocycles. The van der Waals surface area contributed by atoms with E-state index < -0.39 is 6.16 Å². The van der Waals surface area contributed by atoms with Crippen molar-refractivity contribution in [3.63, 3.8) is 0 Å². The van der Waals surface area contributed by atoms with E-state index >= 15 is 0 Å². The summed E-state index contributed by atoms with van der Waals surface area (Å²) in [5, 5.41) is 0. The van der Waals surface area contributed by atoms with Gasteiger partial charge < -0.3 is 9.47 Å². The Morgan fingerprint density at radius 2 is 1.23 bits per heavy atom. The molecule has 0 aromatic rings. The first-order chi connectivity index (χ1) is 10.6. The fourth-order valence-corrected chi connectivity index (χ4v) is 2.73. The van der Waals surface area contributed by atoms with Crippen LogP contribution < -0.4 is 0 Å². The van der Waals surface area contributed by atoms with Crippen LogP contribution in [-0.2, 0) is 9.47 Å². The molecule has 0 N–H and O–H groups in total. The lowest BCUT2D eigenvalue weighted by atomic mass is 9.85. The number of hydrogen-bond acceptors (Lipinski definition) is 3. The molecule has 132 valence electrons. The third-order valence-corrected chi connectivity index (χ3v) is 4.23. The van der Waals surface area contributed by atoms with Crippen LogP contribution in [0.3, 0.4) is 0 Å². The highest BCUT2D eigenvalue weighted by atomic mass is 16.7. The van der Waals surface area contributed by atoms with Gasteiger partial charge in [0.2, 0.25) is 0 Å². The van der Waals surface area contributed by atoms with Gasteiger partial charge in [-0.15, -0.1) is 0 Å². The van der Waals surface area contributed by atoms with Crippen molar-refractivity contribution in [3.8, 4) is 0 Å². The Morgan fingerprint density at radius 1 is 0.727 bits per heavy atom. The van der Waals surface area contributed by atoms with Crippen molar-refractivity contribution in [2.24, 2.45) is 0 Å². The Kier molecular flexibility index (Phi) is 13.4. The molecule has 0 radical (unpaired) electrons. The summed E-state index contributed by atoms with van der Waals surface area (Å²) in [5.41, 5.74) is -0.301. The maximum absolute atomic E-state index is 12.0. The second-order valence-corrected chi connectivity index (χ2v) is 6.40. The van der Waals surface area contributed by atoms with E-state index in [0.717, 1.165) is 64.2 Å². The van der Waals surface area contributed by atoms with Gasteiger partial charge in [0.05, 0.1) is 6.61 Å². The lowest BCUT2D eigenvalue weighted by Gasteiger charge is -2.33. The van der Waals surface area contributed by atoms with Crippen molar-refractivity contribution in [2.75, 3.05) is 6.61 Å². The molecule has 0 rings (SSSR count). The van der Waals surface area contributed by atoms with Gasteiger partial charge in [0, 0.05) is 0 Å². The molecule has 0 amide bonds. The molecule has 3 heteroatoms. The summed E-state index contributed by atoms with van der Waals surface area (Å²) < 4.78 is 11.1. The van der Waals surface area contributed by atoms with Crippen molar-refractivity contribution in [2.45, 2.75) is 110 Å². The first-order valence-corrected chi connectivity index (χ1v) is 9.49. The fourth-order valence-electron chi connectivity index (χ4n) is 2.73. The second-order valence-electron chi connectivity index (χ2n) is 6.40. The normalized spacial score (nSPS) is 11.5. The number of ether oxygens (including phenoxy) is 2. The van der Waals surface area contributed by atoms with Crippen LogP contribution in [0.5, 0.6) is 0 Å². The Morgan fingerprint density at radius 3 is 1.73 bits per heavy atom. The summed E-state index contributed by atoms with van der Waals surface area (Å²) >= 11 is 0. The molecule has 0 aromatic carbocycles. The summed E-state index contributed by atoms with van der Waals surface area (Å²) in [6.07, 6.45) is 12.4. The average Bonchev–Trinajstić information content (AvgIpc) is 2.51. The van der Waals surface area contributed by atoms with Gasteiger partial charge in [-0.05, 0) is 44.9 Å². The summed E-state index contributed by atoms with van der Waals surface area (Å²) in [5.74, 6) is 0. The number of hydrogen-bond donors (Lipinski definition) is 0. The number of rotatable bonds is 14. The molecule has 0 aliphatic heterocycles. The van der Waals surface area contributed by atoms with Gasteiger partial charge in [0.25, 0.3) is 0 Å². The van der Waals surface area contributed by atoms with Crippen molar-refractivity contribution in [1.82, 2.24) is 0 Å². The number of unbranched alkanes of at least 4 members (excludes halogenated alkanes) is 5. The molecule has 0 atom stereocenters. The highest BCUT2D eigenvalue weighted by Crippen LogP contribution is 2.32. The Balaban J connectivity index is 4.68. The van der Waals surface area contributed by atoms with E-state index in [9.17, 15) is 4.79 Å². The highest BCUT2D eigenvalue weighted by Gasteiger charge is 2.33. The molecule has 0 unspecified atom stereocenters. The first-order valence-electron chi connectivity index (χ1n) is 9.49. The minimum absolute atomic E-state index is 0.301. The van der Waals surface area contributed by atoms with Crippen molar-refractivity contribution < 1.29 is 14.3 Å². The zero-order valence-electron chi connectivity index (χ0n) is 15.4. The van der Waals surface area contributed by atoms with Crippen LogP contribution in [0.1, 0.15) is 105 Å². The van der Waals surface area contributed by atoms with Crippen molar-refractivity contribution in [3.05, 3.63) is 0 Å². The monoisotopic (exact) mass is 314 g/mol. The molecule has 0 aliphatic carbocycles. The largest absolute Gasteiger partial charge is 0.508 e. The predicted molar refractivity (Wildman–Crippen MR) is 93.3 cm³/mol. The molecular weight excluding hydrogens is 276 g/mol. The van der Waals surface area contributed by atoms with E-state index in [2.05, 4.69) is 27.7 Å². The molecule has 0 fully saturated rings. The average molecular weight is 315 g/mol. The molecule has 0 saturated heterocycles. The molecule has 0 bridgehead atoms. The van der Waals surface area contributed by atoms with Gasteiger partial charge in [-0.3, -0.25) is 0 Å². The SMILES string of the molecule is CCCCCC(CCCC)(CCCC)OC(=O)OCCCC. The van der Waals surface area contributed by atoms with Crippen molar-refractivity contribution >= 4 is 6.16 Å². The lowest BCUT2D eigenvalue weighted by molar-refractivity contribution is -0.0531. The molecule has 0 heterocycles. The first kappa shape index (κ1) is 21.3. The van der Waals surface area contributed by atoms with E-state index in [1.165, 1.54) is 12.8 Å². The maximum Gasteiger partial charge on any atom is 0.508 e. The Labute approximate surface area is 138 Å². The van der Waals surface area contributed by atoms with E-state index in [4.69, 9.17) is 9.47 Å². The van der Waals surface area contributed by atoms with Crippen LogP contribution in [0, 0.1) is 0 Å². The smallest absolute Gasteiger partial charge is 0.434 e. The minimum atomic E-state index is -0.461. The van der Waals surface area contributed by atoms with Gasteiger partial charge in [-0.1, -0.05) is 59.8 Å².